The van der Waals surface area contributed by atoms with E-state index < -0.39 is 11.4 Å². The van der Waals surface area contributed by atoms with Crippen LogP contribution in [0.5, 0.6) is 11.5 Å². The zero-order valence-electron chi connectivity index (χ0n) is 13.2. The first-order valence-electron chi connectivity index (χ1n) is 7.80. The Morgan fingerprint density at radius 3 is 2.75 bits per heavy atom. The second-order valence-corrected chi connectivity index (χ2v) is 5.97. The van der Waals surface area contributed by atoms with Gasteiger partial charge in [0.25, 0.3) is 0 Å². The number of hydrogen-bond acceptors (Lipinski definition) is 6. The van der Waals surface area contributed by atoms with Crippen molar-refractivity contribution in [3.8, 4) is 11.5 Å². The van der Waals surface area contributed by atoms with Crippen molar-refractivity contribution in [2.75, 3.05) is 0 Å². The number of ether oxygens (including phenoxy) is 1. The number of fused-ring (bicyclic) bond motifs is 1. The molecule has 126 valence electrons. The van der Waals surface area contributed by atoms with Crippen molar-refractivity contribution in [3.63, 3.8) is 0 Å². The molecule has 0 bridgehead atoms. The lowest BCUT2D eigenvalue weighted by Gasteiger charge is -2.33. The third-order valence-corrected chi connectivity index (χ3v) is 3.94. The lowest BCUT2D eigenvalue weighted by Crippen LogP contribution is -2.42. The number of Topliss-reactive ketones (excluding diaryl/α,β-unsaturated/α-hetero) is 1. The van der Waals surface area contributed by atoms with E-state index in [0.717, 1.165) is 6.07 Å². The Morgan fingerprint density at radius 2 is 2.04 bits per heavy atom. The Kier molecular flexibility index (Phi) is 4.15. The molecule has 0 saturated carbocycles. The van der Waals surface area contributed by atoms with Crippen LogP contribution in [0.1, 0.15) is 47.9 Å². The molecule has 0 radical (unpaired) electrons. The summed E-state index contributed by atoms with van der Waals surface area (Å²) in [7, 11) is 0. The SMILES string of the molecule is CCC[C@@]1(O)CC(=O)c2c(Cc3cc(O)cc(=O)o3)cccc2O1. The number of ketones is 1. The van der Waals surface area contributed by atoms with Crippen molar-refractivity contribution in [1.29, 1.82) is 0 Å². The second kappa shape index (κ2) is 6.13. The second-order valence-electron chi connectivity index (χ2n) is 5.97. The molecular weight excluding hydrogens is 312 g/mol. The van der Waals surface area contributed by atoms with Gasteiger partial charge in [-0.25, -0.2) is 4.79 Å². The minimum Gasteiger partial charge on any atom is -0.508 e. The maximum absolute atomic E-state index is 12.5. The van der Waals surface area contributed by atoms with Gasteiger partial charge < -0.3 is 19.4 Å². The van der Waals surface area contributed by atoms with Gasteiger partial charge in [-0.15, -0.1) is 0 Å². The van der Waals surface area contributed by atoms with Crippen molar-refractivity contribution in [2.45, 2.75) is 38.4 Å². The monoisotopic (exact) mass is 330 g/mol. The largest absolute Gasteiger partial charge is 0.508 e. The standard InChI is InChI=1S/C18H18O6/c1-2-6-18(22)10-14(20)17-11(4-3-5-15(17)24-18)7-13-8-12(19)9-16(21)23-13/h3-5,8-9,19,22H,2,6-7,10H2,1H3/t18-/m0/s1. The minimum atomic E-state index is -1.48. The first-order chi connectivity index (χ1) is 11.4. The molecule has 1 aliphatic rings. The first kappa shape index (κ1) is 16.3. The van der Waals surface area contributed by atoms with Crippen molar-refractivity contribution < 1.29 is 24.2 Å². The molecule has 0 fully saturated rings. The molecule has 2 aromatic rings. The summed E-state index contributed by atoms with van der Waals surface area (Å²) in [4.78, 5) is 23.9. The zero-order chi connectivity index (χ0) is 17.3. The minimum absolute atomic E-state index is 0.116. The van der Waals surface area contributed by atoms with E-state index in [1.165, 1.54) is 6.07 Å². The summed E-state index contributed by atoms with van der Waals surface area (Å²) in [6.45, 7) is 1.90. The van der Waals surface area contributed by atoms with E-state index in [1.54, 1.807) is 18.2 Å². The first-order valence-corrected chi connectivity index (χ1v) is 7.80. The molecule has 2 N–H and O–H groups in total. The highest BCUT2D eigenvalue weighted by atomic mass is 16.6. The molecule has 0 unspecified atom stereocenters. The Balaban J connectivity index is 1.98. The molecule has 3 rings (SSSR count). The molecule has 1 atom stereocenters. The van der Waals surface area contributed by atoms with Gasteiger partial charge in [0.05, 0.1) is 18.1 Å². The summed E-state index contributed by atoms with van der Waals surface area (Å²) >= 11 is 0. The fourth-order valence-electron chi connectivity index (χ4n) is 3.03. The highest BCUT2D eigenvalue weighted by Gasteiger charge is 2.39. The average Bonchev–Trinajstić information content (AvgIpc) is 2.45. The lowest BCUT2D eigenvalue weighted by atomic mass is 9.91. The van der Waals surface area contributed by atoms with Crippen LogP contribution in [0.4, 0.5) is 0 Å². The van der Waals surface area contributed by atoms with Crippen molar-refractivity contribution in [1.82, 2.24) is 0 Å². The summed E-state index contributed by atoms with van der Waals surface area (Å²) in [6.07, 6.45) is 1.10. The number of benzene rings is 1. The van der Waals surface area contributed by atoms with Crippen LogP contribution < -0.4 is 10.4 Å². The Bertz CT molecular complexity index is 838. The molecule has 0 saturated heterocycles. The summed E-state index contributed by atoms with van der Waals surface area (Å²) in [5.41, 5.74) is 0.337. The van der Waals surface area contributed by atoms with Gasteiger partial charge in [-0.05, 0) is 18.1 Å². The van der Waals surface area contributed by atoms with E-state index in [2.05, 4.69) is 0 Å². The van der Waals surface area contributed by atoms with Gasteiger partial charge in [-0.1, -0.05) is 19.1 Å². The Labute approximate surface area is 138 Å². The molecule has 0 spiro atoms. The Morgan fingerprint density at radius 1 is 1.25 bits per heavy atom. The van der Waals surface area contributed by atoms with Crippen molar-refractivity contribution >= 4 is 5.78 Å². The fourth-order valence-corrected chi connectivity index (χ4v) is 3.03. The number of rotatable bonds is 4. The van der Waals surface area contributed by atoms with Crippen LogP contribution in [0.15, 0.2) is 39.5 Å². The van der Waals surface area contributed by atoms with Gasteiger partial charge >= 0.3 is 5.63 Å². The highest BCUT2D eigenvalue weighted by Crippen LogP contribution is 2.36. The molecule has 2 heterocycles. The summed E-state index contributed by atoms with van der Waals surface area (Å²) in [5, 5.41) is 19.9. The van der Waals surface area contributed by atoms with Gasteiger partial charge in [0, 0.05) is 18.9 Å². The van der Waals surface area contributed by atoms with E-state index in [9.17, 15) is 19.8 Å². The number of carbonyl (C=O) groups is 1. The normalized spacial score (nSPS) is 19.7. The van der Waals surface area contributed by atoms with E-state index >= 15 is 0 Å². The lowest BCUT2D eigenvalue weighted by molar-refractivity contribution is -0.144. The summed E-state index contributed by atoms with van der Waals surface area (Å²) in [6, 6.07) is 7.38. The van der Waals surface area contributed by atoms with Crippen LogP contribution in [-0.2, 0) is 6.42 Å². The van der Waals surface area contributed by atoms with E-state index in [0.29, 0.717) is 29.7 Å². The third kappa shape index (κ3) is 3.19. The molecule has 1 aromatic carbocycles. The van der Waals surface area contributed by atoms with Gasteiger partial charge in [0.1, 0.15) is 17.3 Å². The molecule has 1 aliphatic heterocycles. The summed E-state index contributed by atoms with van der Waals surface area (Å²) < 4.78 is 10.7. The number of carbonyl (C=O) groups excluding carboxylic acids is 1. The molecular formula is C18H18O6. The predicted octanol–water partition coefficient (Wildman–Crippen LogP) is 2.39. The van der Waals surface area contributed by atoms with Crippen molar-refractivity contribution in [2.24, 2.45) is 0 Å². The van der Waals surface area contributed by atoms with E-state index in [1.807, 2.05) is 6.92 Å². The number of aromatic hydroxyl groups is 1. The smallest absolute Gasteiger partial charge is 0.339 e. The summed E-state index contributed by atoms with van der Waals surface area (Å²) in [5.74, 6) is -1.32. The quantitative estimate of drug-likeness (QED) is 0.893. The number of hydrogen-bond donors (Lipinski definition) is 2. The molecule has 6 nitrogen and oxygen atoms in total. The maximum Gasteiger partial charge on any atom is 0.339 e. The topological polar surface area (TPSA) is 97.0 Å². The van der Waals surface area contributed by atoms with Crippen LogP contribution in [-0.4, -0.2) is 21.8 Å². The molecule has 6 heteroatoms. The van der Waals surface area contributed by atoms with E-state index in [-0.39, 0.29) is 30.1 Å². The van der Waals surface area contributed by atoms with Gasteiger partial charge in [-0.2, -0.15) is 0 Å². The zero-order valence-corrected chi connectivity index (χ0v) is 13.2. The third-order valence-electron chi connectivity index (χ3n) is 3.94. The number of aliphatic hydroxyl groups is 1. The molecule has 24 heavy (non-hydrogen) atoms. The Hall–Kier alpha value is -2.60. The van der Waals surface area contributed by atoms with Crippen LogP contribution in [0.25, 0.3) is 0 Å². The average molecular weight is 330 g/mol. The van der Waals surface area contributed by atoms with Gasteiger partial charge in [0.15, 0.2) is 5.78 Å². The van der Waals surface area contributed by atoms with E-state index in [4.69, 9.17) is 9.15 Å². The fraction of sp³-hybridized carbons (Fsp3) is 0.333. The molecule has 1 aromatic heterocycles. The maximum atomic E-state index is 12.5. The van der Waals surface area contributed by atoms with Crippen LogP contribution in [0.2, 0.25) is 0 Å². The van der Waals surface area contributed by atoms with Crippen LogP contribution in [0.3, 0.4) is 0 Å². The highest BCUT2D eigenvalue weighted by molar-refractivity contribution is 6.01. The van der Waals surface area contributed by atoms with Gasteiger partial charge in [0.2, 0.25) is 5.79 Å². The molecule has 0 aliphatic carbocycles. The van der Waals surface area contributed by atoms with Crippen molar-refractivity contribution in [3.05, 3.63) is 57.6 Å². The van der Waals surface area contributed by atoms with Gasteiger partial charge in [-0.3, -0.25) is 4.79 Å². The molecule has 0 amide bonds. The van der Waals surface area contributed by atoms with Crippen LogP contribution in [0, 0.1) is 0 Å². The predicted molar refractivity (Wildman–Crippen MR) is 85.3 cm³/mol. The van der Waals surface area contributed by atoms with Crippen LogP contribution >= 0.6 is 0 Å².